The molecule has 4 heteroatoms. The van der Waals surface area contributed by atoms with E-state index < -0.39 is 23.1 Å². The van der Waals surface area contributed by atoms with Gasteiger partial charge >= 0.3 is 5.97 Å². The number of rotatable bonds is 6. The number of fused-ring (bicyclic) bond motifs is 1. The molecule has 0 aliphatic rings. The molecule has 0 spiro atoms. The Morgan fingerprint density at radius 1 is 0.931 bits per heavy atom. The van der Waals surface area contributed by atoms with Gasteiger partial charge in [-0.2, -0.15) is 0 Å². The molecule has 0 amide bonds. The number of ether oxygens (including phenoxy) is 1. The highest BCUT2D eigenvalue weighted by Gasteiger charge is 2.45. The number of benzene rings is 3. The van der Waals surface area contributed by atoms with Crippen LogP contribution in [0, 0.1) is 5.41 Å². The Morgan fingerprint density at radius 2 is 1.55 bits per heavy atom. The molecule has 3 nitrogen and oxygen atoms in total. The number of carbonyl (C=O) groups excluding carboxylic acids is 1. The van der Waals surface area contributed by atoms with E-state index in [0.717, 1.165) is 21.2 Å². The number of hydrogen-bond donors (Lipinski definition) is 1. The van der Waals surface area contributed by atoms with Crippen molar-refractivity contribution >= 4 is 28.5 Å². The van der Waals surface area contributed by atoms with Crippen molar-refractivity contribution in [2.24, 2.45) is 5.41 Å². The van der Waals surface area contributed by atoms with Crippen LogP contribution >= 0.6 is 11.8 Å². The summed E-state index contributed by atoms with van der Waals surface area (Å²) in [5.74, 6) is 0.00455. The van der Waals surface area contributed by atoms with Crippen molar-refractivity contribution in [1.29, 1.82) is 0 Å². The monoisotopic (exact) mass is 408 g/mol. The van der Waals surface area contributed by atoms with Gasteiger partial charge in [0.25, 0.3) is 0 Å². The van der Waals surface area contributed by atoms with Crippen LogP contribution in [0.2, 0.25) is 0 Å². The van der Waals surface area contributed by atoms with Crippen molar-refractivity contribution in [2.45, 2.75) is 44.3 Å². The fourth-order valence-corrected chi connectivity index (χ4v) is 4.32. The lowest BCUT2D eigenvalue weighted by Gasteiger charge is -2.35. The first kappa shape index (κ1) is 21.4. The molecule has 0 bridgehead atoms. The summed E-state index contributed by atoms with van der Waals surface area (Å²) in [6, 6.07) is 23.6. The van der Waals surface area contributed by atoms with Crippen molar-refractivity contribution in [3.63, 3.8) is 0 Å². The second-order valence-electron chi connectivity index (χ2n) is 8.49. The summed E-state index contributed by atoms with van der Waals surface area (Å²) in [5.41, 5.74) is -1.00. The summed E-state index contributed by atoms with van der Waals surface area (Å²) < 4.78 is 5.73. The number of aliphatic hydroxyl groups is 1. The molecule has 0 aliphatic carbocycles. The molecule has 0 saturated heterocycles. The molecule has 29 heavy (non-hydrogen) atoms. The first-order valence-corrected chi connectivity index (χ1v) is 10.8. The van der Waals surface area contributed by atoms with Crippen LogP contribution in [0.1, 0.15) is 39.4 Å². The van der Waals surface area contributed by atoms with Crippen LogP contribution in [-0.2, 0) is 9.53 Å². The predicted molar refractivity (Wildman–Crippen MR) is 120 cm³/mol. The van der Waals surface area contributed by atoms with Gasteiger partial charge in [0, 0.05) is 10.6 Å². The first-order chi connectivity index (χ1) is 13.7. The van der Waals surface area contributed by atoms with Gasteiger partial charge in [0.2, 0.25) is 0 Å². The summed E-state index contributed by atoms with van der Waals surface area (Å²) in [4.78, 5) is 14.3. The van der Waals surface area contributed by atoms with Crippen LogP contribution in [0.4, 0.5) is 0 Å². The average molecular weight is 409 g/mol. The molecule has 0 fully saturated rings. The van der Waals surface area contributed by atoms with Crippen LogP contribution < -0.4 is 0 Å². The fourth-order valence-electron chi connectivity index (χ4n) is 3.23. The minimum Gasteiger partial charge on any atom is -0.459 e. The molecule has 0 aromatic heterocycles. The minimum atomic E-state index is -1.11. The standard InChI is InChI=1S/C25H28O3S/c1-24(2,3)28-23(27)25(4,17-29-19-13-6-5-7-14-19)22(26)21-16-10-12-18-11-8-9-15-20(18)21/h5-16,22,26H,17H2,1-4H3/t22-,25+/m0/s1. The van der Waals surface area contributed by atoms with E-state index in [0.29, 0.717) is 5.75 Å². The molecule has 3 rings (SSSR count). The SMILES string of the molecule is CC(C)(C)OC(=O)[C@](C)(CSc1ccccc1)[C@@H](O)c1cccc2ccccc12. The molecule has 0 saturated carbocycles. The fraction of sp³-hybridized carbons (Fsp3) is 0.320. The third kappa shape index (κ3) is 5.01. The maximum Gasteiger partial charge on any atom is 0.316 e. The number of carbonyl (C=O) groups is 1. The zero-order valence-corrected chi connectivity index (χ0v) is 18.2. The highest BCUT2D eigenvalue weighted by Crippen LogP contribution is 2.42. The van der Waals surface area contributed by atoms with E-state index in [-0.39, 0.29) is 0 Å². The quantitative estimate of drug-likeness (QED) is 0.400. The van der Waals surface area contributed by atoms with Crippen LogP contribution in [0.15, 0.2) is 77.7 Å². The molecule has 152 valence electrons. The van der Waals surface area contributed by atoms with Crippen LogP contribution in [0.5, 0.6) is 0 Å². The summed E-state index contributed by atoms with van der Waals surface area (Å²) in [7, 11) is 0. The van der Waals surface area contributed by atoms with E-state index in [1.165, 1.54) is 0 Å². The lowest BCUT2D eigenvalue weighted by atomic mass is 9.80. The first-order valence-electron chi connectivity index (χ1n) is 9.78. The Hall–Kier alpha value is -2.30. The molecular formula is C25H28O3S. The molecular weight excluding hydrogens is 380 g/mol. The Morgan fingerprint density at radius 3 is 2.24 bits per heavy atom. The second-order valence-corrected chi connectivity index (χ2v) is 9.54. The number of aliphatic hydroxyl groups excluding tert-OH is 1. The average Bonchev–Trinajstić information content (AvgIpc) is 2.70. The summed E-state index contributed by atoms with van der Waals surface area (Å²) in [6.45, 7) is 7.34. The maximum atomic E-state index is 13.3. The van der Waals surface area contributed by atoms with Gasteiger partial charge in [-0.3, -0.25) is 4.79 Å². The zero-order chi connectivity index (χ0) is 21.1. The minimum absolute atomic E-state index is 0.395. The van der Waals surface area contributed by atoms with E-state index in [2.05, 4.69) is 0 Å². The second kappa shape index (κ2) is 8.60. The molecule has 1 N–H and O–H groups in total. The molecule has 0 heterocycles. The highest BCUT2D eigenvalue weighted by molar-refractivity contribution is 7.99. The van der Waals surface area contributed by atoms with Gasteiger partial charge in [-0.1, -0.05) is 60.7 Å². The van der Waals surface area contributed by atoms with Gasteiger partial charge in [0.05, 0.1) is 6.10 Å². The van der Waals surface area contributed by atoms with Crippen LogP contribution in [0.25, 0.3) is 10.8 Å². The Labute approximate surface area is 177 Å². The predicted octanol–water partition coefficient (Wildman–Crippen LogP) is 6.01. The third-order valence-electron chi connectivity index (χ3n) is 4.87. The third-order valence-corrected chi connectivity index (χ3v) is 6.22. The Bertz CT molecular complexity index is 973. The van der Waals surface area contributed by atoms with E-state index in [9.17, 15) is 9.90 Å². The van der Waals surface area contributed by atoms with Gasteiger partial charge < -0.3 is 9.84 Å². The Balaban J connectivity index is 1.99. The molecule has 2 atom stereocenters. The van der Waals surface area contributed by atoms with Gasteiger partial charge in [0.15, 0.2) is 0 Å². The van der Waals surface area contributed by atoms with E-state index in [4.69, 9.17) is 4.74 Å². The smallest absolute Gasteiger partial charge is 0.316 e. The summed E-state index contributed by atoms with van der Waals surface area (Å²) in [6.07, 6.45) is -1.00. The largest absolute Gasteiger partial charge is 0.459 e. The van der Waals surface area contributed by atoms with Gasteiger partial charge in [-0.25, -0.2) is 0 Å². The van der Waals surface area contributed by atoms with Gasteiger partial charge in [-0.05, 0) is 56.2 Å². The van der Waals surface area contributed by atoms with Crippen molar-refractivity contribution in [3.8, 4) is 0 Å². The highest BCUT2D eigenvalue weighted by atomic mass is 32.2. The van der Waals surface area contributed by atoms with Gasteiger partial charge in [0.1, 0.15) is 11.0 Å². The number of thioether (sulfide) groups is 1. The lowest BCUT2D eigenvalue weighted by Crippen LogP contribution is -2.42. The molecule has 0 radical (unpaired) electrons. The van der Waals surface area contributed by atoms with E-state index in [1.807, 2.05) is 93.6 Å². The number of esters is 1. The molecule has 3 aromatic rings. The van der Waals surface area contributed by atoms with Crippen molar-refractivity contribution < 1.29 is 14.6 Å². The number of hydrogen-bond acceptors (Lipinski definition) is 4. The van der Waals surface area contributed by atoms with Gasteiger partial charge in [-0.15, -0.1) is 11.8 Å². The maximum absolute atomic E-state index is 13.3. The van der Waals surface area contributed by atoms with E-state index in [1.54, 1.807) is 18.7 Å². The van der Waals surface area contributed by atoms with E-state index >= 15 is 0 Å². The summed E-state index contributed by atoms with van der Waals surface area (Å²) >= 11 is 1.55. The van der Waals surface area contributed by atoms with Crippen molar-refractivity contribution in [1.82, 2.24) is 0 Å². The van der Waals surface area contributed by atoms with Crippen molar-refractivity contribution in [3.05, 3.63) is 78.4 Å². The lowest BCUT2D eigenvalue weighted by molar-refractivity contribution is -0.172. The molecule has 0 aliphatic heterocycles. The topological polar surface area (TPSA) is 46.5 Å². The molecule has 3 aromatic carbocycles. The van der Waals surface area contributed by atoms with Crippen molar-refractivity contribution in [2.75, 3.05) is 5.75 Å². The normalized spacial score (nSPS) is 14.9. The molecule has 0 unspecified atom stereocenters. The van der Waals surface area contributed by atoms with Crippen LogP contribution in [-0.4, -0.2) is 22.4 Å². The van der Waals surface area contributed by atoms with Crippen LogP contribution in [0.3, 0.4) is 0 Å². The summed E-state index contributed by atoms with van der Waals surface area (Å²) in [5, 5.41) is 13.4. The Kier molecular flexibility index (Phi) is 6.35. The zero-order valence-electron chi connectivity index (χ0n) is 17.4.